The maximum Gasteiger partial charge on any atom is 0.312 e. The van der Waals surface area contributed by atoms with E-state index in [-0.39, 0.29) is 11.4 Å². The Morgan fingerprint density at radius 1 is 1.34 bits per heavy atom. The minimum Gasteiger partial charge on any atom is -0.490 e. The highest BCUT2D eigenvalue weighted by Gasteiger charge is 2.36. The molecule has 160 valence electrons. The third-order valence-electron chi connectivity index (χ3n) is 6.43. The predicted octanol–water partition coefficient (Wildman–Crippen LogP) is 3.77. The summed E-state index contributed by atoms with van der Waals surface area (Å²) in [6.07, 6.45) is 4.89. The van der Waals surface area contributed by atoms with Crippen LogP contribution in [0.2, 0.25) is 5.02 Å². The van der Waals surface area contributed by atoms with Crippen molar-refractivity contribution in [1.29, 1.82) is 0 Å². The van der Waals surface area contributed by atoms with Gasteiger partial charge < -0.3 is 14.5 Å². The van der Waals surface area contributed by atoms with E-state index in [0.717, 1.165) is 50.9 Å². The van der Waals surface area contributed by atoms with Gasteiger partial charge in [-0.25, -0.2) is 0 Å². The molecule has 2 aliphatic rings. The molecule has 1 aliphatic heterocycles. The summed E-state index contributed by atoms with van der Waals surface area (Å²) in [5, 5.41) is 11.5. The van der Waals surface area contributed by atoms with Crippen LogP contribution < -0.4 is 4.74 Å². The van der Waals surface area contributed by atoms with Crippen LogP contribution in [-0.4, -0.2) is 60.5 Å². The van der Waals surface area contributed by atoms with Gasteiger partial charge in [-0.05, 0) is 63.6 Å². The first-order chi connectivity index (χ1) is 13.8. The minimum atomic E-state index is -0.483. The Hall–Kier alpha value is -1.86. The molecule has 0 N–H and O–H groups in total. The number of hydrogen-bond donors (Lipinski definition) is 0. The number of hydrogen-bond acceptors (Lipinski definition) is 5. The maximum absolute atomic E-state index is 12.2. The molecular weight excluding hydrogens is 394 g/mol. The lowest BCUT2D eigenvalue weighted by atomic mass is 9.89. The predicted molar refractivity (Wildman–Crippen MR) is 112 cm³/mol. The van der Waals surface area contributed by atoms with Crippen molar-refractivity contribution in [3.63, 3.8) is 0 Å². The number of likely N-dealkylation sites (N-methyl/N-ethyl adjacent to an activating group) is 1. The van der Waals surface area contributed by atoms with Gasteiger partial charge in [-0.15, -0.1) is 0 Å². The lowest BCUT2D eigenvalue weighted by molar-refractivity contribution is -0.385. The van der Waals surface area contributed by atoms with Gasteiger partial charge in [-0.3, -0.25) is 14.9 Å². The molecule has 1 saturated carbocycles. The van der Waals surface area contributed by atoms with Gasteiger partial charge in [0.25, 0.3) is 0 Å². The fourth-order valence-electron chi connectivity index (χ4n) is 4.13. The Labute approximate surface area is 177 Å². The first-order valence-electron chi connectivity index (χ1n) is 10.3. The summed E-state index contributed by atoms with van der Waals surface area (Å²) in [6, 6.07) is 3.43. The topological polar surface area (TPSA) is 75.9 Å². The van der Waals surface area contributed by atoms with E-state index in [2.05, 4.69) is 18.9 Å². The number of rotatable bonds is 8. The number of nitro benzene ring substituents is 1. The van der Waals surface area contributed by atoms with Crippen LogP contribution in [0.1, 0.15) is 38.2 Å². The van der Waals surface area contributed by atoms with Crippen LogP contribution in [0.5, 0.6) is 5.75 Å². The highest BCUT2D eigenvalue weighted by Crippen LogP contribution is 2.34. The second-order valence-corrected chi connectivity index (χ2v) is 8.69. The van der Waals surface area contributed by atoms with E-state index in [0.29, 0.717) is 35.2 Å². The molecule has 1 aliphatic carbocycles. The Kier molecular flexibility index (Phi) is 7.01. The van der Waals surface area contributed by atoms with Crippen LogP contribution in [0, 0.1) is 22.0 Å². The number of ether oxygens (including phenoxy) is 1. The summed E-state index contributed by atoms with van der Waals surface area (Å²) < 4.78 is 5.16. The van der Waals surface area contributed by atoms with Crippen molar-refractivity contribution in [3.05, 3.63) is 32.8 Å². The van der Waals surface area contributed by atoms with E-state index < -0.39 is 4.92 Å². The number of nitro groups is 1. The Morgan fingerprint density at radius 3 is 2.55 bits per heavy atom. The van der Waals surface area contributed by atoms with Crippen molar-refractivity contribution in [1.82, 2.24) is 9.80 Å². The minimum absolute atomic E-state index is 0.115. The molecule has 0 radical (unpaired) electrons. The van der Waals surface area contributed by atoms with Crippen molar-refractivity contribution in [2.24, 2.45) is 11.8 Å². The zero-order chi connectivity index (χ0) is 21.1. The van der Waals surface area contributed by atoms with Crippen LogP contribution in [0.25, 0.3) is 0 Å². The van der Waals surface area contributed by atoms with E-state index in [4.69, 9.17) is 16.3 Å². The average molecular weight is 424 g/mol. The molecule has 1 heterocycles. The molecular formula is C21H30ClN3O4. The van der Waals surface area contributed by atoms with E-state index in [1.165, 1.54) is 13.2 Å². The second-order valence-electron chi connectivity index (χ2n) is 8.28. The van der Waals surface area contributed by atoms with Crippen LogP contribution in [-0.2, 0) is 11.2 Å². The highest BCUT2D eigenvalue weighted by molar-refractivity contribution is 6.31. The largest absolute Gasteiger partial charge is 0.490 e. The van der Waals surface area contributed by atoms with Crippen molar-refractivity contribution >= 4 is 23.2 Å². The number of nitrogens with zero attached hydrogens (tertiary/aromatic N) is 3. The summed E-state index contributed by atoms with van der Waals surface area (Å²) in [5.41, 5.74) is 0.730. The average Bonchev–Trinajstić information content (AvgIpc) is 3.56. The van der Waals surface area contributed by atoms with Crippen LogP contribution >= 0.6 is 11.6 Å². The standard InChI is InChI=1S/C21H30ClN3O4/c1-14(15-7-10-24(11-8-15)21(26)16-4-5-16)23(2)9-6-17-12-20(29-3)19(25(27)28)13-18(17)22/h12-16H,4-11H2,1-3H3/t14-/m0/s1. The van der Waals surface area contributed by atoms with Gasteiger partial charge in [-0.2, -0.15) is 0 Å². The molecule has 1 aromatic rings. The molecule has 0 aromatic heterocycles. The van der Waals surface area contributed by atoms with Gasteiger partial charge in [0.1, 0.15) is 0 Å². The van der Waals surface area contributed by atoms with E-state index in [9.17, 15) is 14.9 Å². The molecule has 29 heavy (non-hydrogen) atoms. The molecule has 3 rings (SSSR count). The summed E-state index contributed by atoms with van der Waals surface area (Å²) in [5.74, 6) is 1.45. The first-order valence-corrected chi connectivity index (χ1v) is 10.7. The van der Waals surface area contributed by atoms with E-state index in [1.807, 2.05) is 4.90 Å². The number of methoxy groups -OCH3 is 1. The number of likely N-dealkylation sites (tertiary alicyclic amines) is 1. The molecule has 2 fully saturated rings. The van der Waals surface area contributed by atoms with Gasteiger partial charge in [-0.1, -0.05) is 11.6 Å². The number of carbonyl (C=O) groups excluding carboxylic acids is 1. The number of halogens is 1. The Morgan fingerprint density at radius 2 is 2.00 bits per heavy atom. The van der Waals surface area contributed by atoms with Crippen LogP contribution in [0.3, 0.4) is 0 Å². The first kappa shape index (κ1) is 21.8. The van der Waals surface area contributed by atoms with E-state index in [1.54, 1.807) is 6.07 Å². The SMILES string of the molecule is COc1cc(CCN(C)[C@@H](C)C2CCN(C(=O)C3CC3)CC2)c(Cl)cc1[N+](=O)[O-]. The highest BCUT2D eigenvalue weighted by atomic mass is 35.5. The summed E-state index contributed by atoms with van der Waals surface area (Å²) in [6.45, 7) is 4.76. The molecule has 1 aromatic carbocycles. The van der Waals surface area contributed by atoms with Crippen molar-refractivity contribution < 1.29 is 14.5 Å². The third-order valence-corrected chi connectivity index (χ3v) is 6.79. The molecule has 0 unspecified atom stereocenters. The van der Waals surface area contributed by atoms with Gasteiger partial charge in [0.05, 0.1) is 17.1 Å². The van der Waals surface area contributed by atoms with Gasteiger partial charge in [0.15, 0.2) is 5.75 Å². The smallest absolute Gasteiger partial charge is 0.312 e. The summed E-state index contributed by atoms with van der Waals surface area (Å²) in [7, 11) is 3.53. The molecule has 1 saturated heterocycles. The maximum atomic E-state index is 12.2. The molecule has 0 spiro atoms. The third kappa shape index (κ3) is 5.20. The quantitative estimate of drug-likeness (QED) is 0.470. The molecule has 7 nitrogen and oxygen atoms in total. The van der Waals surface area contributed by atoms with E-state index >= 15 is 0 Å². The monoisotopic (exact) mass is 423 g/mol. The lowest BCUT2D eigenvalue weighted by Gasteiger charge is -2.38. The van der Waals surface area contributed by atoms with Gasteiger partial charge >= 0.3 is 5.69 Å². The van der Waals surface area contributed by atoms with Crippen LogP contribution in [0.4, 0.5) is 5.69 Å². The lowest BCUT2D eigenvalue weighted by Crippen LogP contribution is -2.45. The zero-order valence-electron chi connectivity index (χ0n) is 17.4. The zero-order valence-corrected chi connectivity index (χ0v) is 18.2. The van der Waals surface area contributed by atoms with Crippen molar-refractivity contribution in [3.8, 4) is 5.75 Å². The molecule has 8 heteroatoms. The summed E-state index contributed by atoms with van der Waals surface area (Å²) in [4.78, 5) is 27.2. The normalized spacial score (nSPS) is 18.7. The fraction of sp³-hybridized carbons (Fsp3) is 0.667. The number of amides is 1. The molecule has 1 atom stereocenters. The van der Waals surface area contributed by atoms with Crippen molar-refractivity contribution in [2.45, 2.75) is 45.1 Å². The molecule has 1 amide bonds. The number of piperidine rings is 1. The Bertz CT molecular complexity index is 761. The van der Waals surface area contributed by atoms with Crippen LogP contribution in [0.15, 0.2) is 12.1 Å². The number of carbonyl (C=O) groups is 1. The Balaban J connectivity index is 1.53. The second kappa shape index (κ2) is 9.30. The number of benzene rings is 1. The fourth-order valence-corrected chi connectivity index (χ4v) is 4.39. The summed E-state index contributed by atoms with van der Waals surface area (Å²) >= 11 is 6.27. The van der Waals surface area contributed by atoms with Gasteiger partial charge in [0.2, 0.25) is 5.91 Å². The molecule has 0 bridgehead atoms. The van der Waals surface area contributed by atoms with Gasteiger partial charge in [0, 0.05) is 37.7 Å². The van der Waals surface area contributed by atoms with Crippen molar-refractivity contribution in [2.75, 3.05) is 33.8 Å².